The summed E-state index contributed by atoms with van der Waals surface area (Å²) >= 11 is 0. The van der Waals surface area contributed by atoms with Crippen LogP contribution in [0.1, 0.15) is 37.8 Å². The van der Waals surface area contributed by atoms with Crippen molar-refractivity contribution in [1.29, 1.82) is 0 Å². The Labute approximate surface area is 210 Å². The molecule has 0 radical (unpaired) electrons. The molecule has 36 heavy (non-hydrogen) atoms. The summed E-state index contributed by atoms with van der Waals surface area (Å²) in [6.45, 7) is 3.90. The molecule has 1 unspecified atom stereocenters. The Morgan fingerprint density at radius 1 is 0.944 bits per heavy atom. The number of rotatable bonds is 12. The van der Waals surface area contributed by atoms with Crippen LogP contribution in [-0.2, 0) is 32.1 Å². The number of cyclic esters (lactones) is 1. The fraction of sp³-hybridized carbons (Fsp3) is 0.385. The smallest absolute Gasteiger partial charge is 0.423 e. The highest BCUT2D eigenvalue weighted by atomic mass is 16.6. The van der Waals surface area contributed by atoms with Gasteiger partial charge in [0.05, 0.1) is 6.04 Å². The van der Waals surface area contributed by atoms with Gasteiger partial charge in [-0.2, -0.15) is 5.43 Å². The molecular weight excluding hydrogens is 464 g/mol. The van der Waals surface area contributed by atoms with E-state index in [4.69, 9.17) is 9.47 Å². The molecule has 3 amide bonds. The average molecular weight is 497 g/mol. The molecule has 3 atom stereocenters. The maximum absolute atomic E-state index is 13.2. The maximum Gasteiger partial charge on any atom is 0.423 e. The van der Waals surface area contributed by atoms with Crippen LogP contribution in [0.25, 0.3) is 0 Å². The van der Waals surface area contributed by atoms with E-state index in [2.05, 4.69) is 21.5 Å². The monoisotopic (exact) mass is 496 g/mol. The van der Waals surface area contributed by atoms with Gasteiger partial charge in [-0.15, -0.1) is 0 Å². The van der Waals surface area contributed by atoms with Crippen LogP contribution in [0.2, 0.25) is 0 Å². The molecule has 1 aliphatic heterocycles. The first-order valence-electron chi connectivity index (χ1n) is 11.9. The lowest BCUT2D eigenvalue weighted by Gasteiger charge is -2.24. The number of carbonyl (C=O) groups excluding carboxylic acids is 4. The topological polar surface area (TPSA) is 135 Å². The summed E-state index contributed by atoms with van der Waals surface area (Å²) in [6.07, 6.45) is -1.62. The second kappa shape index (κ2) is 13.2. The highest BCUT2D eigenvalue weighted by molar-refractivity contribution is 5.95. The van der Waals surface area contributed by atoms with Crippen molar-refractivity contribution < 1.29 is 28.7 Å². The van der Waals surface area contributed by atoms with E-state index in [1.54, 1.807) is 0 Å². The van der Waals surface area contributed by atoms with E-state index in [1.165, 1.54) is 0 Å². The average Bonchev–Trinajstić information content (AvgIpc) is 3.31. The Hall–Kier alpha value is -3.92. The highest BCUT2D eigenvalue weighted by Gasteiger charge is 2.36. The normalized spacial score (nSPS) is 16.4. The molecule has 0 aromatic heterocycles. The van der Waals surface area contributed by atoms with Gasteiger partial charge in [0.2, 0.25) is 17.9 Å². The van der Waals surface area contributed by atoms with E-state index in [0.29, 0.717) is 12.8 Å². The van der Waals surface area contributed by atoms with Gasteiger partial charge in [-0.05, 0) is 36.3 Å². The second-order valence-electron chi connectivity index (χ2n) is 8.93. The van der Waals surface area contributed by atoms with Crippen molar-refractivity contribution in [1.82, 2.24) is 21.5 Å². The van der Waals surface area contributed by atoms with Gasteiger partial charge in [0.1, 0.15) is 12.6 Å². The molecule has 0 bridgehead atoms. The van der Waals surface area contributed by atoms with Crippen LogP contribution in [0.15, 0.2) is 60.7 Å². The summed E-state index contributed by atoms with van der Waals surface area (Å²) in [6, 6.07) is 16.8. The minimum absolute atomic E-state index is 0.0621. The summed E-state index contributed by atoms with van der Waals surface area (Å²) in [5.41, 5.74) is 6.49. The Kier molecular flexibility index (Phi) is 9.82. The van der Waals surface area contributed by atoms with Crippen LogP contribution >= 0.6 is 0 Å². The first-order chi connectivity index (χ1) is 17.3. The van der Waals surface area contributed by atoms with Crippen LogP contribution in [0.5, 0.6) is 0 Å². The van der Waals surface area contributed by atoms with Crippen LogP contribution in [0.3, 0.4) is 0 Å². The van der Waals surface area contributed by atoms with Gasteiger partial charge in [0.15, 0.2) is 0 Å². The summed E-state index contributed by atoms with van der Waals surface area (Å²) in [5.74, 6) is -0.952. The molecule has 4 N–H and O–H groups in total. The molecule has 10 heteroatoms. The lowest BCUT2D eigenvalue weighted by atomic mass is 9.99. The molecule has 2 aromatic rings. The number of amides is 3. The maximum atomic E-state index is 13.2. The summed E-state index contributed by atoms with van der Waals surface area (Å²) < 4.78 is 10.2. The number of hydrogen-bond donors (Lipinski definition) is 4. The molecule has 1 heterocycles. The van der Waals surface area contributed by atoms with Crippen molar-refractivity contribution in [2.24, 2.45) is 5.92 Å². The largest absolute Gasteiger partial charge is 0.445 e. The van der Waals surface area contributed by atoms with E-state index in [0.717, 1.165) is 11.1 Å². The van der Waals surface area contributed by atoms with E-state index >= 15 is 0 Å². The van der Waals surface area contributed by atoms with Crippen molar-refractivity contribution in [3.63, 3.8) is 0 Å². The van der Waals surface area contributed by atoms with Crippen molar-refractivity contribution >= 4 is 23.9 Å². The number of Topliss-reactive ketones (excluding diaryl/α,β-unsaturated/α-hetero) is 1. The van der Waals surface area contributed by atoms with Crippen molar-refractivity contribution in [3.8, 4) is 0 Å². The molecule has 0 saturated carbocycles. The Balaban J connectivity index is 1.66. The Morgan fingerprint density at radius 3 is 2.17 bits per heavy atom. The fourth-order valence-electron chi connectivity index (χ4n) is 3.73. The summed E-state index contributed by atoms with van der Waals surface area (Å²) in [4.78, 5) is 50.1. The number of benzene rings is 2. The quantitative estimate of drug-likeness (QED) is 0.355. The van der Waals surface area contributed by atoms with E-state index in [-0.39, 0.29) is 18.9 Å². The van der Waals surface area contributed by atoms with Crippen LogP contribution < -0.4 is 21.5 Å². The van der Waals surface area contributed by atoms with Gasteiger partial charge >= 0.3 is 12.2 Å². The number of carbonyl (C=O) groups is 4. The first-order valence-corrected chi connectivity index (χ1v) is 11.9. The third-order valence-corrected chi connectivity index (χ3v) is 5.54. The molecule has 2 aromatic carbocycles. The van der Waals surface area contributed by atoms with Crippen molar-refractivity contribution in [2.45, 2.75) is 58.0 Å². The highest BCUT2D eigenvalue weighted by Crippen LogP contribution is 2.12. The first kappa shape index (κ1) is 26.7. The molecule has 3 rings (SSSR count). The predicted molar refractivity (Wildman–Crippen MR) is 131 cm³/mol. The lowest BCUT2D eigenvalue weighted by Crippen LogP contribution is -2.55. The predicted octanol–water partition coefficient (Wildman–Crippen LogP) is 2.58. The molecular formula is C26H32N4O6. The summed E-state index contributed by atoms with van der Waals surface area (Å²) in [7, 11) is 0. The zero-order valence-corrected chi connectivity index (χ0v) is 20.4. The number of ketones is 1. The molecule has 0 aliphatic carbocycles. The van der Waals surface area contributed by atoms with E-state index in [9.17, 15) is 19.2 Å². The number of nitrogens with one attached hydrogen (secondary N) is 4. The van der Waals surface area contributed by atoms with Crippen molar-refractivity contribution in [3.05, 3.63) is 71.8 Å². The van der Waals surface area contributed by atoms with Gasteiger partial charge in [0, 0.05) is 0 Å². The standard InChI is InChI=1S/C26H32N4O6/c1-17(2)15-21(28-25(33)35-16-19-11-7-4-8-12-19)23(32)27-20(14-13-18-9-5-3-6-10-18)22(31)24-29-30-26(34)36-24/h3-12,17,20-21,24,29H,13-16H2,1-2H3,(H,27,32)(H,28,33)(H,30,34)/t20-,21-,24?/m0/s1. The van der Waals surface area contributed by atoms with E-state index < -0.39 is 42.2 Å². The van der Waals surface area contributed by atoms with Crippen LogP contribution in [0, 0.1) is 5.92 Å². The molecule has 192 valence electrons. The number of ether oxygens (including phenoxy) is 2. The number of aryl methyl sites for hydroxylation is 1. The fourth-order valence-corrected chi connectivity index (χ4v) is 3.73. The van der Waals surface area contributed by atoms with Gasteiger partial charge in [0.25, 0.3) is 0 Å². The third-order valence-electron chi connectivity index (χ3n) is 5.54. The molecule has 1 fully saturated rings. The van der Waals surface area contributed by atoms with Gasteiger partial charge in [-0.3, -0.25) is 15.0 Å². The Morgan fingerprint density at radius 2 is 1.58 bits per heavy atom. The van der Waals surface area contributed by atoms with Gasteiger partial charge in [-0.1, -0.05) is 74.5 Å². The lowest BCUT2D eigenvalue weighted by molar-refractivity contribution is -0.133. The number of hydrazine groups is 1. The van der Waals surface area contributed by atoms with Gasteiger partial charge in [-0.25, -0.2) is 9.59 Å². The van der Waals surface area contributed by atoms with Crippen molar-refractivity contribution in [2.75, 3.05) is 0 Å². The molecule has 1 saturated heterocycles. The zero-order valence-electron chi connectivity index (χ0n) is 20.4. The number of hydrogen-bond acceptors (Lipinski definition) is 7. The van der Waals surface area contributed by atoms with Crippen LogP contribution in [-0.4, -0.2) is 42.2 Å². The molecule has 0 spiro atoms. The second-order valence-corrected chi connectivity index (χ2v) is 8.93. The SMILES string of the molecule is CC(C)C[C@H](NC(=O)OCc1ccccc1)C(=O)N[C@@H](CCc1ccccc1)C(=O)C1NNC(=O)O1. The number of alkyl carbamates (subject to hydrolysis) is 1. The summed E-state index contributed by atoms with van der Waals surface area (Å²) in [5, 5.41) is 5.36. The minimum Gasteiger partial charge on any atom is -0.445 e. The molecule has 1 aliphatic rings. The van der Waals surface area contributed by atoms with Crippen LogP contribution in [0.4, 0.5) is 9.59 Å². The minimum atomic E-state index is -1.23. The molecule has 10 nitrogen and oxygen atoms in total. The van der Waals surface area contributed by atoms with E-state index in [1.807, 2.05) is 74.5 Å². The third kappa shape index (κ3) is 8.38. The zero-order chi connectivity index (χ0) is 25.9. The van der Waals surface area contributed by atoms with Gasteiger partial charge < -0.3 is 20.1 Å². The Bertz CT molecular complexity index is 1030.